The van der Waals surface area contributed by atoms with E-state index in [1.54, 1.807) is 0 Å². The minimum Gasteiger partial charge on any atom is -0.354 e. The largest absolute Gasteiger partial charge is 0.354 e. The van der Waals surface area contributed by atoms with Gasteiger partial charge in [-0.1, -0.05) is 38.5 Å². The van der Waals surface area contributed by atoms with Crippen molar-refractivity contribution in [2.45, 2.75) is 57.1 Å². The van der Waals surface area contributed by atoms with Crippen LogP contribution in [0, 0.1) is 11.8 Å². The number of hydrogen-bond acceptors (Lipinski definition) is 6. The molecule has 1 saturated heterocycles. The Hall–Kier alpha value is -1.15. The standard InChI is InChI=1S/C17H30N6OS/c1-13-9-14(2)11-22(10-13)8-7-18-16(24)12-25-17-19-20-21-23(17)15-5-3-4-6-15/h13-15H,3-12H2,1-2H3,(H,18,24). The smallest absolute Gasteiger partial charge is 0.230 e. The van der Waals surface area contributed by atoms with E-state index < -0.39 is 0 Å². The molecule has 0 aromatic carbocycles. The van der Waals surface area contributed by atoms with Crippen LogP contribution in [0.5, 0.6) is 0 Å². The zero-order valence-corrected chi connectivity index (χ0v) is 16.2. The lowest BCUT2D eigenvalue weighted by molar-refractivity contribution is -0.118. The molecule has 1 aromatic heterocycles. The Labute approximate surface area is 154 Å². The highest BCUT2D eigenvalue weighted by atomic mass is 32.2. The second kappa shape index (κ2) is 8.98. The fourth-order valence-electron chi connectivity index (χ4n) is 4.17. The molecule has 1 saturated carbocycles. The van der Waals surface area contributed by atoms with Crippen LogP contribution in [0.25, 0.3) is 0 Å². The third-order valence-corrected chi connectivity index (χ3v) is 6.09. The first-order valence-corrected chi connectivity index (χ1v) is 10.5. The first-order chi connectivity index (χ1) is 12.1. The molecule has 7 nitrogen and oxygen atoms in total. The van der Waals surface area contributed by atoms with E-state index in [1.165, 1.54) is 31.0 Å². The summed E-state index contributed by atoms with van der Waals surface area (Å²) >= 11 is 1.44. The number of rotatable bonds is 7. The molecular weight excluding hydrogens is 336 g/mol. The molecule has 1 amide bonds. The number of carbonyl (C=O) groups is 1. The predicted octanol–water partition coefficient (Wildman–Crippen LogP) is 1.97. The molecule has 0 bridgehead atoms. The van der Waals surface area contributed by atoms with Gasteiger partial charge in [-0.15, -0.1) is 5.10 Å². The number of aromatic nitrogens is 4. The molecule has 25 heavy (non-hydrogen) atoms. The average molecular weight is 367 g/mol. The van der Waals surface area contributed by atoms with Crippen molar-refractivity contribution in [3.8, 4) is 0 Å². The van der Waals surface area contributed by atoms with Crippen molar-refractivity contribution in [1.29, 1.82) is 0 Å². The van der Waals surface area contributed by atoms with Gasteiger partial charge in [0.25, 0.3) is 0 Å². The summed E-state index contributed by atoms with van der Waals surface area (Å²) in [6.07, 6.45) is 6.07. The fraction of sp³-hybridized carbons (Fsp3) is 0.882. The fourth-order valence-corrected chi connectivity index (χ4v) is 4.94. The summed E-state index contributed by atoms with van der Waals surface area (Å²) in [5.74, 6) is 1.94. The zero-order chi connectivity index (χ0) is 17.6. The average Bonchev–Trinajstić information content (AvgIpc) is 3.23. The van der Waals surface area contributed by atoms with E-state index in [-0.39, 0.29) is 5.91 Å². The maximum atomic E-state index is 12.1. The van der Waals surface area contributed by atoms with Crippen LogP contribution in [0.1, 0.15) is 52.0 Å². The number of hydrogen-bond donors (Lipinski definition) is 1. The van der Waals surface area contributed by atoms with Gasteiger partial charge in [0.15, 0.2) is 0 Å². The molecule has 2 aliphatic rings. The Bertz CT molecular complexity index is 549. The normalized spacial score (nSPS) is 25.4. The van der Waals surface area contributed by atoms with Gasteiger partial charge in [0.1, 0.15) is 0 Å². The van der Waals surface area contributed by atoms with E-state index in [1.807, 2.05) is 4.68 Å². The van der Waals surface area contributed by atoms with Gasteiger partial charge in [0, 0.05) is 26.2 Å². The molecule has 2 atom stereocenters. The van der Waals surface area contributed by atoms with Gasteiger partial charge < -0.3 is 10.2 Å². The zero-order valence-electron chi connectivity index (χ0n) is 15.4. The predicted molar refractivity (Wildman–Crippen MR) is 98.4 cm³/mol. The minimum atomic E-state index is 0.0593. The molecule has 2 heterocycles. The van der Waals surface area contributed by atoms with Crippen LogP contribution >= 0.6 is 11.8 Å². The van der Waals surface area contributed by atoms with E-state index >= 15 is 0 Å². The van der Waals surface area contributed by atoms with Crippen molar-refractivity contribution in [2.75, 3.05) is 31.9 Å². The summed E-state index contributed by atoms with van der Waals surface area (Å²) in [7, 11) is 0. The molecule has 3 rings (SSSR count). The molecule has 1 aliphatic carbocycles. The minimum absolute atomic E-state index is 0.0593. The third-order valence-electron chi connectivity index (χ3n) is 5.16. The van der Waals surface area contributed by atoms with Crippen LogP contribution in [-0.2, 0) is 4.79 Å². The Balaban J connectivity index is 1.36. The second-order valence-corrected chi connectivity index (χ2v) is 8.63. The van der Waals surface area contributed by atoms with Crippen LogP contribution in [0.15, 0.2) is 5.16 Å². The van der Waals surface area contributed by atoms with Crippen molar-refractivity contribution in [1.82, 2.24) is 30.4 Å². The van der Waals surface area contributed by atoms with Crippen LogP contribution in [0.3, 0.4) is 0 Å². The van der Waals surface area contributed by atoms with Crippen molar-refractivity contribution >= 4 is 17.7 Å². The molecule has 140 valence electrons. The van der Waals surface area contributed by atoms with Gasteiger partial charge in [-0.05, 0) is 41.5 Å². The topological polar surface area (TPSA) is 75.9 Å². The first-order valence-electron chi connectivity index (χ1n) is 9.51. The van der Waals surface area contributed by atoms with E-state index in [0.717, 1.165) is 49.5 Å². The van der Waals surface area contributed by atoms with Gasteiger partial charge in [-0.2, -0.15) is 0 Å². The number of nitrogens with one attached hydrogen (secondary N) is 1. The van der Waals surface area contributed by atoms with Gasteiger partial charge in [0.2, 0.25) is 11.1 Å². The van der Waals surface area contributed by atoms with Gasteiger partial charge in [-0.3, -0.25) is 4.79 Å². The maximum Gasteiger partial charge on any atom is 0.230 e. The summed E-state index contributed by atoms with van der Waals surface area (Å²) in [5, 5.41) is 15.8. The summed E-state index contributed by atoms with van der Waals surface area (Å²) in [6, 6.07) is 0.406. The molecule has 0 spiro atoms. The lowest BCUT2D eigenvalue weighted by atomic mass is 9.92. The van der Waals surface area contributed by atoms with E-state index in [9.17, 15) is 4.79 Å². The SMILES string of the molecule is CC1CC(C)CN(CCNC(=O)CSc2nnnn2C2CCCC2)C1. The molecule has 1 N–H and O–H groups in total. The second-order valence-electron chi connectivity index (χ2n) is 7.69. The number of amides is 1. The van der Waals surface area contributed by atoms with E-state index in [0.29, 0.717) is 18.3 Å². The Morgan fingerprint density at radius 3 is 2.68 bits per heavy atom. The summed E-state index contributed by atoms with van der Waals surface area (Å²) in [6.45, 7) is 8.56. The van der Waals surface area contributed by atoms with Gasteiger partial charge in [-0.25, -0.2) is 4.68 Å². The number of piperidine rings is 1. The highest BCUT2D eigenvalue weighted by Crippen LogP contribution is 2.31. The maximum absolute atomic E-state index is 12.1. The number of carbonyl (C=O) groups excluding carboxylic acids is 1. The lowest BCUT2D eigenvalue weighted by Crippen LogP contribution is -2.43. The number of thioether (sulfide) groups is 1. The molecule has 2 fully saturated rings. The van der Waals surface area contributed by atoms with E-state index in [2.05, 4.69) is 39.6 Å². The van der Waals surface area contributed by atoms with E-state index in [4.69, 9.17) is 0 Å². The third kappa shape index (κ3) is 5.41. The van der Waals surface area contributed by atoms with Crippen LogP contribution in [0.4, 0.5) is 0 Å². The summed E-state index contributed by atoms with van der Waals surface area (Å²) < 4.78 is 1.90. The molecule has 8 heteroatoms. The Kier molecular flexibility index (Phi) is 6.70. The van der Waals surface area contributed by atoms with Crippen molar-refractivity contribution in [3.63, 3.8) is 0 Å². The quantitative estimate of drug-likeness (QED) is 0.744. The first kappa shape index (κ1) is 18.6. The highest BCUT2D eigenvalue weighted by molar-refractivity contribution is 7.99. The van der Waals surface area contributed by atoms with Crippen LogP contribution < -0.4 is 5.32 Å². The molecule has 1 aliphatic heterocycles. The monoisotopic (exact) mass is 366 g/mol. The number of tetrazole rings is 1. The number of nitrogens with zero attached hydrogens (tertiary/aromatic N) is 5. The molecular formula is C17H30N6OS. The van der Waals surface area contributed by atoms with Crippen molar-refractivity contribution < 1.29 is 4.79 Å². The molecule has 2 unspecified atom stereocenters. The van der Waals surface area contributed by atoms with Crippen molar-refractivity contribution in [3.05, 3.63) is 0 Å². The van der Waals surface area contributed by atoms with Crippen molar-refractivity contribution in [2.24, 2.45) is 11.8 Å². The van der Waals surface area contributed by atoms with Gasteiger partial charge in [0.05, 0.1) is 11.8 Å². The molecule has 1 aromatic rings. The number of likely N-dealkylation sites (tertiary alicyclic amines) is 1. The van der Waals surface area contributed by atoms with Crippen LogP contribution in [-0.4, -0.2) is 62.9 Å². The highest BCUT2D eigenvalue weighted by Gasteiger charge is 2.23. The lowest BCUT2D eigenvalue weighted by Gasteiger charge is -2.34. The summed E-state index contributed by atoms with van der Waals surface area (Å²) in [4.78, 5) is 14.6. The summed E-state index contributed by atoms with van der Waals surface area (Å²) in [5.41, 5.74) is 0. The van der Waals surface area contributed by atoms with Gasteiger partial charge >= 0.3 is 0 Å². The van der Waals surface area contributed by atoms with Crippen LogP contribution in [0.2, 0.25) is 0 Å². The Morgan fingerprint density at radius 2 is 1.96 bits per heavy atom. The molecule has 0 radical (unpaired) electrons. The Morgan fingerprint density at radius 1 is 1.24 bits per heavy atom.